The minimum Gasteiger partial charge on any atom is -0.495 e. The number of amides is 3. The number of imidazole rings is 1. The fourth-order valence-electron chi connectivity index (χ4n) is 7.21. The summed E-state index contributed by atoms with van der Waals surface area (Å²) >= 11 is 0. The zero-order valence-electron chi connectivity index (χ0n) is 30.9. The SMILES string of the molecule is COc1c(-c2cccc3[nH]c(CN4CCCC4)nc23)ccc(C(=O)N(C)c2ccc(C)cc2OCCCCCC(=O)N2CCN(C)CC2)c1C(N)=O. The number of aryl methyl sites for hydroxylation is 1. The monoisotopic (exact) mass is 709 g/mol. The van der Waals surface area contributed by atoms with Crippen molar-refractivity contribution in [1.29, 1.82) is 0 Å². The van der Waals surface area contributed by atoms with Gasteiger partial charge in [0.05, 0.1) is 48.1 Å². The van der Waals surface area contributed by atoms with E-state index in [1.165, 1.54) is 24.9 Å². The predicted octanol–water partition coefficient (Wildman–Crippen LogP) is 5.23. The van der Waals surface area contributed by atoms with Crippen LogP contribution in [0, 0.1) is 6.92 Å². The number of nitrogens with zero attached hydrogens (tertiary/aromatic N) is 5. The molecule has 52 heavy (non-hydrogen) atoms. The van der Waals surface area contributed by atoms with Gasteiger partial charge < -0.3 is 34.9 Å². The quantitative estimate of drug-likeness (QED) is 0.170. The number of nitrogens with one attached hydrogen (secondary N) is 1. The van der Waals surface area contributed by atoms with Crippen molar-refractivity contribution >= 4 is 34.4 Å². The van der Waals surface area contributed by atoms with Gasteiger partial charge in [0.15, 0.2) is 0 Å². The molecule has 12 nitrogen and oxygen atoms in total. The number of nitrogens with two attached hydrogens (primary N) is 1. The summed E-state index contributed by atoms with van der Waals surface area (Å²) in [5.74, 6) is 0.666. The van der Waals surface area contributed by atoms with Crippen LogP contribution < -0.4 is 20.1 Å². The number of hydrogen-bond acceptors (Lipinski definition) is 8. The van der Waals surface area contributed by atoms with Gasteiger partial charge in [-0.25, -0.2) is 4.98 Å². The second-order valence-electron chi connectivity index (χ2n) is 14.0. The van der Waals surface area contributed by atoms with E-state index in [4.69, 9.17) is 20.2 Å². The molecule has 1 aromatic heterocycles. The fraction of sp³-hybridized carbons (Fsp3) is 0.450. The van der Waals surface area contributed by atoms with Crippen molar-refractivity contribution in [2.24, 2.45) is 5.73 Å². The molecule has 3 amide bonds. The molecule has 0 unspecified atom stereocenters. The van der Waals surface area contributed by atoms with Gasteiger partial charge in [0.1, 0.15) is 17.3 Å². The molecule has 0 saturated carbocycles. The van der Waals surface area contributed by atoms with E-state index in [1.54, 1.807) is 19.2 Å². The number of likely N-dealkylation sites (N-methyl/N-ethyl adjacent to an activating group) is 1. The van der Waals surface area contributed by atoms with Gasteiger partial charge in [-0.2, -0.15) is 0 Å². The van der Waals surface area contributed by atoms with Crippen LogP contribution >= 0.6 is 0 Å². The highest BCUT2D eigenvalue weighted by Crippen LogP contribution is 2.39. The van der Waals surface area contributed by atoms with Crippen LogP contribution in [0.2, 0.25) is 0 Å². The van der Waals surface area contributed by atoms with E-state index in [0.717, 1.165) is 93.1 Å². The van der Waals surface area contributed by atoms with Gasteiger partial charge in [0.25, 0.3) is 11.8 Å². The number of carbonyl (C=O) groups excluding carboxylic acids is 3. The minimum absolute atomic E-state index is 0.00220. The molecule has 276 valence electrons. The van der Waals surface area contributed by atoms with Crippen LogP contribution in [0.5, 0.6) is 11.5 Å². The van der Waals surface area contributed by atoms with Crippen molar-refractivity contribution in [3.8, 4) is 22.6 Å². The van der Waals surface area contributed by atoms with Crippen molar-refractivity contribution in [3.05, 3.63) is 71.0 Å². The first-order valence-corrected chi connectivity index (χ1v) is 18.3. The Hall–Kier alpha value is -4.94. The van der Waals surface area contributed by atoms with Crippen LogP contribution in [-0.4, -0.2) is 109 Å². The Kier molecular flexibility index (Phi) is 11.8. The summed E-state index contributed by atoms with van der Waals surface area (Å²) in [6.07, 6.45) is 5.36. The van der Waals surface area contributed by atoms with Gasteiger partial charge in [-0.1, -0.05) is 18.2 Å². The lowest BCUT2D eigenvalue weighted by atomic mass is 9.95. The van der Waals surface area contributed by atoms with Gasteiger partial charge in [-0.15, -0.1) is 0 Å². The van der Waals surface area contributed by atoms with Crippen LogP contribution in [0.4, 0.5) is 5.69 Å². The Balaban J connectivity index is 1.17. The number of piperazine rings is 1. The molecule has 0 bridgehead atoms. The van der Waals surface area contributed by atoms with Crippen molar-refractivity contribution < 1.29 is 23.9 Å². The highest BCUT2D eigenvalue weighted by Gasteiger charge is 2.28. The maximum atomic E-state index is 14.2. The Bertz CT molecular complexity index is 1910. The number of carbonyl (C=O) groups is 3. The number of hydrogen-bond donors (Lipinski definition) is 2. The number of benzene rings is 3. The molecule has 0 atom stereocenters. The van der Waals surface area contributed by atoms with Crippen molar-refractivity contribution in [2.75, 3.05) is 72.0 Å². The highest BCUT2D eigenvalue weighted by atomic mass is 16.5. The second-order valence-corrected chi connectivity index (χ2v) is 14.0. The zero-order chi connectivity index (χ0) is 36.8. The largest absolute Gasteiger partial charge is 0.495 e. The summed E-state index contributed by atoms with van der Waals surface area (Å²) in [6.45, 7) is 8.67. The van der Waals surface area contributed by atoms with E-state index in [1.807, 2.05) is 48.2 Å². The number of fused-ring (bicyclic) bond motifs is 1. The topological polar surface area (TPSA) is 137 Å². The predicted molar refractivity (Wildman–Crippen MR) is 203 cm³/mol. The summed E-state index contributed by atoms with van der Waals surface area (Å²) in [5.41, 5.74) is 10.7. The van der Waals surface area contributed by atoms with Crippen LogP contribution in [-0.2, 0) is 11.3 Å². The Morgan fingerprint density at radius 3 is 2.44 bits per heavy atom. The number of H-pyrrole nitrogens is 1. The molecule has 3 aromatic carbocycles. The summed E-state index contributed by atoms with van der Waals surface area (Å²) < 4.78 is 12.1. The van der Waals surface area contributed by atoms with Gasteiger partial charge >= 0.3 is 0 Å². The summed E-state index contributed by atoms with van der Waals surface area (Å²) in [6, 6.07) is 14.9. The smallest absolute Gasteiger partial charge is 0.259 e. The molecule has 2 fully saturated rings. The number of aromatic amines is 1. The Morgan fingerprint density at radius 2 is 1.71 bits per heavy atom. The molecule has 0 radical (unpaired) electrons. The molecule has 2 aliphatic heterocycles. The number of aromatic nitrogens is 2. The third-order valence-corrected chi connectivity index (χ3v) is 10.2. The third-order valence-electron chi connectivity index (χ3n) is 10.2. The van der Waals surface area contributed by atoms with Crippen LogP contribution in [0.25, 0.3) is 22.2 Å². The van der Waals surface area contributed by atoms with Gasteiger partial charge in [-0.05, 0) is 95.1 Å². The average Bonchev–Trinajstić information content (AvgIpc) is 3.82. The first kappa shape index (κ1) is 36.8. The zero-order valence-corrected chi connectivity index (χ0v) is 30.9. The lowest BCUT2D eigenvalue weighted by molar-refractivity contribution is -0.132. The van der Waals surface area contributed by atoms with Crippen LogP contribution in [0.15, 0.2) is 48.5 Å². The maximum absolute atomic E-state index is 14.2. The fourth-order valence-corrected chi connectivity index (χ4v) is 7.21. The molecule has 4 aromatic rings. The molecule has 3 heterocycles. The molecular formula is C40H51N7O5. The maximum Gasteiger partial charge on any atom is 0.259 e. The summed E-state index contributed by atoms with van der Waals surface area (Å²) in [5, 5.41) is 0. The standard InChI is InChI=1S/C40H51N7O5/c1-27-14-17-32(33(25-27)52-24-9-5-6-13-35(48)47-22-20-44(2)21-23-47)45(3)40(50)30-16-15-29(38(51-4)36(30)39(41)49)28-11-10-12-31-37(28)43-34(42-31)26-46-18-7-8-19-46/h10-12,14-17,25H,5-9,13,18-24,26H2,1-4H3,(H2,41,49)(H,42,43). The first-order chi connectivity index (χ1) is 25.1. The molecule has 12 heteroatoms. The Labute approximate surface area is 305 Å². The van der Waals surface area contributed by atoms with Crippen molar-refractivity contribution in [2.45, 2.75) is 52.0 Å². The number of para-hydroxylation sites is 1. The van der Waals surface area contributed by atoms with Crippen molar-refractivity contribution in [1.82, 2.24) is 24.7 Å². The molecule has 0 aliphatic carbocycles. The van der Waals surface area contributed by atoms with Gasteiger partial charge in [0.2, 0.25) is 5.91 Å². The second kappa shape index (κ2) is 16.6. The van der Waals surface area contributed by atoms with E-state index < -0.39 is 11.8 Å². The summed E-state index contributed by atoms with van der Waals surface area (Å²) in [4.78, 5) is 56.3. The molecule has 2 aliphatic rings. The lowest BCUT2D eigenvalue weighted by Crippen LogP contribution is -2.47. The summed E-state index contributed by atoms with van der Waals surface area (Å²) in [7, 11) is 5.21. The van der Waals surface area contributed by atoms with E-state index >= 15 is 0 Å². The minimum atomic E-state index is -0.772. The number of likely N-dealkylation sites (tertiary alicyclic amines) is 1. The van der Waals surface area contributed by atoms with E-state index in [0.29, 0.717) is 30.0 Å². The number of methoxy groups -OCH3 is 1. The normalized spacial score (nSPS) is 15.3. The average molecular weight is 710 g/mol. The van der Waals surface area contributed by atoms with E-state index in [2.05, 4.69) is 21.8 Å². The van der Waals surface area contributed by atoms with Gasteiger partial charge in [0, 0.05) is 50.8 Å². The highest BCUT2D eigenvalue weighted by molar-refractivity contribution is 6.15. The van der Waals surface area contributed by atoms with Gasteiger partial charge in [-0.3, -0.25) is 19.3 Å². The van der Waals surface area contributed by atoms with Crippen molar-refractivity contribution in [3.63, 3.8) is 0 Å². The number of ether oxygens (including phenoxy) is 2. The molecule has 3 N–H and O–H groups in total. The third kappa shape index (κ3) is 8.24. The molecule has 2 saturated heterocycles. The Morgan fingerprint density at radius 1 is 0.942 bits per heavy atom. The molecular weight excluding hydrogens is 658 g/mol. The lowest BCUT2D eigenvalue weighted by Gasteiger charge is -2.32. The molecule has 0 spiro atoms. The number of unbranched alkanes of at least 4 members (excludes halogenated alkanes) is 2. The first-order valence-electron chi connectivity index (χ1n) is 18.3. The number of rotatable bonds is 14. The van der Waals surface area contributed by atoms with Crippen LogP contribution in [0.1, 0.15) is 70.6 Å². The van der Waals surface area contributed by atoms with Crippen LogP contribution in [0.3, 0.4) is 0 Å². The molecule has 6 rings (SSSR count). The number of anilines is 1. The number of primary amides is 1. The van der Waals surface area contributed by atoms with E-state index in [-0.39, 0.29) is 22.8 Å². The van der Waals surface area contributed by atoms with E-state index in [9.17, 15) is 14.4 Å².